The zero-order valence-electron chi connectivity index (χ0n) is 15.2. The van der Waals surface area contributed by atoms with Crippen molar-refractivity contribution in [3.8, 4) is 0 Å². The molecule has 1 aromatic carbocycles. The molecule has 0 aliphatic rings. The van der Waals surface area contributed by atoms with Gasteiger partial charge in [-0.2, -0.15) is 5.10 Å². The second-order valence-electron chi connectivity index (χ2n) is 6.71. The van der Waals surface area contributed by atoms with Crippen molar-refractivity contribution in [3.63, 3.8) is 0 Å². The zero-order chi connectivity index (χ0) is 18.7. The number of carbonyl (C=O) groups excluding carboxylic acids is 1. The van der Waals surface area contributed by atoms with Gasteiger partial charge in [-0.1, -0.05) is 31.2 Å². The molecule has 3 N–H and O–H groups in total. The van der Waals surface area contributed by atoms with E-state index in [9.17, 15) is 4.79 Å². The molecule has 0 saturated carbocycles. The van der Waals surface area contributed by atoms with Crippen LogP contribution < -0.4 is 11.1 Å². The van der Waals surface area contributed by atoms with Gasteiger partial charge in [0, 0.05) is 23.7 Å². The van der Waals surface area contributed by atoms with Crippen molar-refractivity contribution < 1.29 is 4.79 Å². The minimum absolute atomic E-state index is 0.186. The van der Waals surface area contributed by atoms with E-state index < -0.39 is 5.54 Å². The lowest BCUT2D eigenvalue weighted by molar-refractivity contribution is -0.123. The Hall–Kier alpha value is -2.67. The average Bonchev–Trinajstić information content (AvgIpc) is 3.24. The normalized spacial score (nSPS) is 11.5. The molecule has 6 nitrogen and oxygen atoms in total. The van der Waals surface area contributed by atoms with Gasteiger partial charge in [-0.05, 0) is 31.4 Å². The van der Waals surface area contributed by atoms with Crippen molar-refractivity contribution in [2.24, 2.45) is 0 Å². The summed E-state index contributed by atoms with van der Waals surface area (Å²) in [6.45, 7) is 5.73. The number of nitrogen functional groups attached to an aromatic ring is 1. The third-order valence-electron chi connectivity index (χ3n) is 4.28. The number of aryl methyl sites for hydroxylation is 1. The maximum Gasteiger partial charge on any atom is 0.253 e. The van der Waals surface area contributed by atoms with Crippen molar-refractivity contribution in [3.05, 3.63) is 58.9 Å². The van der Waals surface area contributed by atoms with Crippen LogP contribution in [0.1, 0.15) is 36.8 Å². The van der Waals surface area contributed by atoms with Crippen LogP contribution in [0.5, 0.6) is 0 Å². The SMILES string of the molecule is CCc1cccc(Cc2cnc(NC(=O)C(C)(C)n3cc(N)cn3)s2)c1. The molecule has 2 heterocycles. The number of hydrogen-bond acceptors (Lipinski definition) is 5. The van der Waals surface area contributed by atoms with Gasteiger partial charge >= 0.3 is 0 Å². The maximum atomic E-state index is 12.6. The van der Waals surface area contributed by atoms with Crippen molar-refractivity contribution in [1.82, 2.24) is 14.8 Å². The summed E-state index contributed by atoms with van der Waals surface area (Å²) in [4.78, 5) is 18.1. The highest BCUT2D eigenvalue weighted by Gasteiger charge is 2.31. The first-order valence-electron chi connectivity index (χ1n) is 8.53. The fourth-order valence-corrected chi connectivity index (χ4v) is 3.45. The summed E-state index contributed by atoms with van der Waals surface area (Å²) in [7, 11) is 0. The van der Waals surface area contributed by atoms with Crippen LogP contribution in [0.4, 0.5) is 10.8 Å². The Morgan fingerprint density at radius 3 is 2.77 bits per heavy atom. The lowest BCUT2D eigenvalue weighted by Gasteiger charge is -2.23. The molecule has 3 rings (SSSR count). The van der Waals surface area contributed by atoms with Crippen LogP contribution >= 0.6 is 11.3 Å². The summed E-state index contributed by atoms with van der Waals surface area (Å²) < 4.78 is 1.56. The largest absolute Gasteiger partial charge is 0.396 e. The molecule has 0 saturated heterocycles. The second-order valence-corrected chi connectivity index (χ2v) is 7.83. The molecule has 1 amide bonds. The lowest BCUT2D eigenvalue weighted by Crippen LogP contribution is -2.40. The van der Waals surface area contributed by atoms with Crippen molar-refractivity contribution in [2.75, 3.05) is 11.1 Å². The number of amides is 1. The number of nitrogens with zero attached hydrogens (tertiary/aromatic N) is 3. The van der Waals surface area contributed by atoms with E-state index in [1.54, 1.807) is 24.7 Å². The van der Waals surface area contributed by atoms with Crippen LogP contribution in [-0.4, -0.2) is 20.7 Å². The molecular formula is C19H23N5OS. The van der Waals surface area contributed by atoms with Crippen molar-refractivity contribution >= 4 is 28.1 Å². The van der Waals surface area contributed by atoms with E-state index in [4.69, 9.17) is 5.73 Å². The molecular weight excluding hydrogens is 346 g/mol. The summed E-state index contributed by atoms with van der Waals surface area (Å²) in [5, 5.41) is 7.61. The monoisotopic (exact) mass is 369 g/mol. The number of benzene rings is 1. The van der Waals surface area contributed by atoms with Crippen LogP contribution in [0.2, 0.25) is 0 Å². The smallest absolute Gasteiger partial charge is 0.253 e. The van der Waals surface area contributed by atoms with Gasteiger partial charge in [0.15, 0.2) is 5.13 Å². The Labute approximate surface area is 157 Å². The number of aromatic nitrogens is 3. The van der Waals surface area contributed by atoms with E-state index in [0.717, 1.165) is 17.7 Å². The van der Waals surface area contributed by atoms with Crippen LogP contribution in [0.25, 0.3) is 0 Å². The van der Waals surface area contributed by atoms with Crippen molar-refractivity contribution in [1.29, 1.82) is 0 Å². The molecule has 0 fully saturated rings. The van der Waals surface area contributed by atoms with Crippen molar-refractivity contribution in [2.45, 2.75) is 39.2 Å². The van der Waals surface area contributed by atoms with Gasteiger partial charge in [0.1, 0.15) is 5.54 Å². The highest BCUT2D eigenvalue weighted by Crippen LogP contribution is 2.24. The van der Waals surface area contributed by atoms with Gasteiger partial charge in [-0.25, -0.2) is 4.98 Å². The molecule has 26 heavy (non-hydrogen) atoms. The molecule has 0 aliphatic carbocycles. The molecule has 0 bridgehead atoms. The Bertz CT molecular complexity index is 912. The number of carbonyl (C=O) groups is 1. The topological polar surface area (TPSA) is 85.8 Å². The van der Waals surface area contributed by atoms with Gasteiger partial charge in [-0.15, -0.1) is 11.3 Å². The van der Waals surface area contributed by atoms with E-state index in [2.05, 4.69) is 46.6 Å². The van der Waals surface area contributed by atoms with E-state index in [1.807, 2.05) is 6.20 Å². The van der Waals surface area contributed by atoms with E-state index >= 15 is 0 Å². The van der Waals surface area contributed by atoms with Gasteiger partial charge in [-0.3, -0.25) is 14.8 Å². The molecule has 0 radical (unpaired) electrons. The number of rotatable bonds is 6. The summed E-state index contributed by atoms with van der Waals surface area (Å²) in [5.41, 5.74) is 7.93. The molecule has 136 valence electrons. The minimum Gasteiger partial charge on any atom is -0.396 e. The van der Waals surface area contributed by atoms with Crippen LogP contribution in [-0.2, 0) is 23.2 Å². The summed E-state index contributed by atoms with van der Waals surface area (Å²) in [5.74, 6) is -0.186. The Morgan fingerprint density at radius 1 is 1.31 bits per heavy atom. The fourth-order valence-electron chi connectivity index (χ4n) is 2.60. The summed E-state index contributed by atoms with van der Waals surface area (Å²) in [6.07, 6.45) is 6.82. The number of anilines is 2. The van der Waals surface area contributed by atoms with E-state index in [-0.39, 0.29) is 5.91 Å². The first-order valence-corrected chi connectivity index (χ1v) is 9.34. The number of hydrogen-bond donors (Lipinski definition) is 2. The van der Waals surface area contributed by atoms with E-state index in [0.29, 0.717) is 10.8 Å². The van der Waals surface area contributed by atoms with Gasteiger partial charge in [0.2, 0.25) is 0 Å². The van der Waals surface area contributed by atoms with Gasteiger partial charge < -0.3 is 5.73 Å². The molecule has 0 aliphatic heterocycles. The van der Waals surface area contributed by atoms with Gasteiger partial charge in [0.25, 0.3) is 5.91 Å². The molecule has 0 unspecified atom stereocenters. The summed E-state index contributed by atoms with van der Waals surface area (Å²) >= 11 is 1.49. The Balaban J connectivity index is 1.68. The highest BCUT2D eigenvalue weighted by molar-refractivity contribution is 7.15. The zero-order valence-corrected chi connectivity index (χ0v) is 16.0. The van der Waals surface area contributed by atoms with Crippen LogP contribution in [0.3, 0.4) is 0 Å². The Kier molecular flexibility index (Phi) is 5.08. The molecule has 7 heteroatoms. The molecule has 0 atom stereocenters. The standard InChI is InChI=1S/C19H23N5OS/c1-4-13-6-5-7-14(8-13)9-16-11-21-18(26-16)23-17(25)19(2,3)24-12-15(20)10-22-24/h5-8,10-12H,4,9,20H2,1-3H3,(H,21,23,25). The van der Waals surface area contributed by atoms with E-state index in [1.165, 1.54) is 28.7 Å². The predicted molar refractivity (Wildman–Crippen MR) is 105 cm³/mol. The first-order chi connectivity index (χ1) is 12.4. The second kappa shape index (κ2) is 7.29. The van der Waals surface area contributed by atoms with Crippen LogP contribution in [0.15, 0.2) is 42.9 Å². The minimum atomic E-state index is -0.862. The third-order valence-corrected chi connectivity index (χ3v) is 5.20. The number of nitrogens with one attached hydrogen (secondary N) is 1. The van der Waals surface area contributed by atoms with Crippen LogP contribution in [0, 0.1) is 0 Å². The van der Waals surface area contributed by atoms with Gasteiger partial charge in [0.05, 0.1) is 11.9 Å². The maximum absolute atomic E-state index is 12.6. The third kappa shape index (κ3) is 3.94. The predicted octanol–water partition coefficient (Wildman–Crippen LogP) is 3.45. The quantitative estimate of drug-likeness (QED) is 0.697. The Morgan fingerprint density at radius 2 is 2.08 bits per heavy atom. The fraction of sp³-hybridized carbons (Fsp3) is 0.316. The first kappa shape index (κ1) is 18.1. The average molecular weight is 369 g/mol. The number of thiazole rings is 1. The lowest BCUT2D eigenvalue weighted by atomic mass is 10.1. The number of nitrogens with two attached hydrogens (primary N) is 1. The summed E-state index contributed by atoms with van der Waals surface area (Å²) in [6, 6.07) is 8.54. The highest BCUT2D eigenvalue weighted by atomic mass is 32.1. The molecule has 2 aromatic heterocycles. The molecule has 0 spiro atoms. The molecule has 3 aromatic rings.